The highest BCUT2D eigenvalue weighted by Gasteiger charge is 2.31. The van der Waals surface area contributed by atoms with E-state index < -0.39 is 0 Å². The maximum absolute atomic E-state index is 9.33. The molecule has 2 rings (SSSR count). The third-order valence-electron chi connectivity index (χ3n) is 3.89. The predicted octanol–water partition coefficient (Wildman–Crippen LogP) is 2.94. The minimum absolute atomic E-state index is 0.00985. The molecule has 18 heavy (non-hydrogen) atoms. The molecule has 0 aliphatic carbocycles. The standard InChI is InChI=1S/C15H23NO2/c1-3-15(2)10-13(8-9-18-15)16-14-7-5-4-6-12(14)11-17/h4-7,13,16-17H,3,8-11H2,1-2H3. The Balaban J connectivity index is 2.05. The summed E-state index contributed by atoms with van der Waals surface area (Å²) in [5, 5.41) is 12.9. The van der Waals surface area contributed by atoms with E-state index in [9.17, 15) is 5.11 Å². The molecule has 1 aromatic rings. The molecule has 1 aliphatic heterocycles. The van der Waals surface area contributed by atoms with Crippen LogP contribution in [-0.2, 0) is 11.3 Å². The molecule has 0 aromatic heterocycles. The van der Waals surface area contributed by atoms with E-state index in [1.54, 1.807) is 0 Å². The zero-order valence-electron chi connectivity index (χ0n) is 11.3. The molecular weight excluding hydrogens is 226 g/mol. The molecule has 3 nitrogen and oxygen atoms in total. The van der Waals surface area contributed by atoms with Crippen LogP contribution in [0.4, 0.5) is 5.69 Å². The first-order valence-corrected chi connectivity index (χ1v) is 6.76. The summed E-state index contributed by atoms with van der Waals surface area (Å²) >= 11 is 0. The number of nitrogens with one attached hydrogen (secondary N) is 1. The van der Waals surface area contributed by atoms with Crippen molar-refractivity contribution in [1.29, 1.82) is 0 Å². The number of hydrogen-bond donors (Lipinski definition) is 2. The quantitative estimate of drug-likeness (QED) is 0.862. The Bertz CT molecular complexity index is 394. The Hall–Kier alpha value is -1.06. The number of hydrogen-bond acceptors (Lipinski definition) is 3. The second kappa shape index (κ2) is 5.72. The summed E-state index contributed by atoms with van der Waals surface area (Å²) in [4.78, 5) is 0. The second-order valence-corrected chi connectivity index (χ2v) is 5.30. The molecule has 0 saturated carbocycles. The van der Waals surface area contributed by atoms with E-state index >= 15 is 0 Å². The van der Waals surface area contributed by atoms with Crippen LogP contribution in [0, 0.1) is 0 Å². The lowest BCUT2D eigenvalue weighted by Crippen LogP contribution is -2.42. The van der Waals surface area contributed by atoms with Crippen LogP contribution in [0.3, 0.4) is 0 Å². The van der Waals surface area contributed by atoms with Crippen molar-refractivity contribution in [2.45, 2.75) is 51.4 Å². The Morgan fingerprint density at radius 3 is 2.94 bits per heavy atom. The van der Waals surface area contributed by atoms with Crippen LogP contribution in [0.5, 0.6) is 0 Å². The van der Waals surface area contributed by atoms with Gasteiger partial charge in [0.2, 0.25) is 0 Å². The van der Waals surface area contributed by atoms with Crippen molar-refractivity contribution in [2.24, 2.45) is 0 Å². The van der Waals surface area contributed by atoms with Crippen molar-refractivity contribution in [2.75, 3.05) is 11.9 Å². The molecule has 0 spiro atoms. The first-order valence-electron chi connectivity index (χ1n) is 6.76. The van der Waals surface area contributed by atoms with Crippen molar-refractivity contribution in [3.05, 3.63) is 29.8 Å². The number of benzene rings is 1. The molecule has 100 valence electrons. The maximum Gasteiger partial charge on any atom is 0.0701 e. The number of aliphatic hydroxyl groups is 1. The van der Waals surface area contributed by atoms with E-state index in [4.69, 9.17) is 4.74 Å². The molecule has 0 bridgehead atoms. The summed E-state index contributed by atoms with van der Waals surface area (Å²) in [7, 11) is 0. The van der Waals surface area contributed by atoms with Gasteiger partial charge in [-0.3, -0.25) is 0 Å². The molecular formula is C15H23NO2. The van der Waals surface area contributed by atoms with Gasteiger partial charge in [-0.05, 0) is 32.3 Å². The highest BCUT2D eigenvalue weighted by molar-refractivity contribution is 5.51. The van der Waals surface area contributed by atoms with Crippen molar-refractivity contribution >= 4 is 5.69 Å². The van der Waals surface area contributed by atoms with E-state index in [1.807, 2.05) is 24.3 Å². The van der Waals surface area contributed by atoms with Gasteiger partial charge in [0.15, 0.2) is 0 Å². The highest BCUT2D eigenvalue weighted by Crippen LogP contribution is 2.30. The molecule has 2 atom stereocenters. The summed E-state index contributed by atoms with van der Waals surface area (Å²) in [6.45, 7) is 5.24. The van der Waals surface area contributed by atoms with Crippen molar-refractivity contribution in [1.82, 2.24) is 0 Å². The first kappa shape index (κ1) is 13.4. The average Bonchev–Trinajstić information content (AvgIpc) is 2.39. The minimum Gasteiger partial charge on any atom is -0.392 e. The summed E-state index contributed by atoms with van der Waals surface area (Å²) < 4.78 is 5.85. The smallest absolute Gasteiger partial charge is 0.0701 e. The van der Waals surface area contributed by atoms with Crippen LogP contribution >= 0.6 is 0 Å². The van der Waals surface area contributed by atoms with Gasteiger partial charge in [-0.2, -0.15) is 0 Å². The van der Waals surface area contributed by atoms with Gasteiger partial charge in [0.1, 0.15) is 0 Å². The molecule has 1 aromatic carbocycles. The van der Waals surface area contributed by atoms with Crippen molar-refractivity contribution < 1.29 is 9.84 Å². The predicted molar refractivity (Wildman–Crippen MR) is 73.7 cm³/mol. The van der Waals surface area contributed by atoms with Gasteiger partial charge in [0.05, 0.1) is 12.2 Å². The molecule has 0 amide bonds. The number of ether oxygens (including phenoxy) is 1. The van der Waals surface area contributed by atoms with Crippen LogP contribution in [-0.4, -0.2) is 23.4 Å². The van der Waals surface area contributed by atoms with Gasteiger partial charge >= 0.3 is 0 Å². The highest BCUT2D eigenvalue weighted by atomic mass is 16.5. The van der Waals surface area contributed by atoms with Crippen molar-refractivity contribution in [3.8, 4) is 0 Å². The van der Waals surface area contributed by atoms with E-state index in [0.717, 1.165) is 37.1 Å². The zero-order chi connectivity index (χ0) is 13.0. The average molecular weight is 249 g/mol. The zero-order valence-corrected chi connectivity index (χ0v) is 11.3. The molecule has 3 heteroatoms. The second-order valence-electron chi connectivity index (χ2n) is 5.30. The Labute approximate surface area is 109 Å². The fourth-order valence-corrected chi connectivity index (χ4v) is 2.52. The number of aliphatic hydroxyl groups excluding tert-OH is 1. The number of para-hydroxylation sites is 1. The number of anilines is 1. The maximum atomic E-state index is 9.33. The Morgan fingerprint density at radius 1 is 1.44 bits per heavy atom. The first-order chi connectivity index (χ1) is 8.67. The lowest BCUT2D eigenvalue weighted by molar-refractivity contribution is -0.0708. The summed E-state index contributed by atoms with van der Waals surface area (Å²) in [6.07, 6.45) is 3.07. The van der Waals surface area contributed by atoms with E-state index in [2.05, 4.69) is 19.2 Å². The van der Waals surface area contributed by atoms with Gasteiger partial charge in [-0.25, -0.2) is 0 Å². The molecule has 2 N–H and O–H groups in total. The summed E-state index contributed by atoms with van der Waals surface area (Å²) in [5.41, 5.74) is 2.00. The summed E-state index contributed by atoms with van der Waals surface area (Å²) in [5.74, 6) is 0. The van der Waals surface area contributed by atoms with Crippen LogP contribution in [0.1, 0.15) is 38.7 Å². The van der Waals surface area contributed by atoms with E-state index in [0.29, 0.717) is 6.04 Å². The van der Waals surface area contributed by atoms with Gasteiger partial charge < -0.3 is 15.2 Å². The fourth-order valence-electron chi connectivity index (χ4n) is 2.52. The monoisotopic (exact) mass is 249 g/mol. The van der Waals surface area contributed by atoms with Crippen LogP contribution in [0.25, 0.3) is 0 Å². The van der Waals surface area contributed by atoms with E-state index in [-0.39, 0.29) is 12.2 Å². The van der Waals surface area contributed by atoms with Gasteiger partial charge in [0.25, 0.3) is 0 Å². The SMILES string of the molecule is CCC1(C)CC(Nc2ccccc2CO)CCO1. The number of rotatable bonds is 4. The molecule has 2 unspecified atom stereocenters. The third kappa shape index (κ3) is 3.03. The van der Waals surface area contributed by atoms with Crippen LogP contribution in [0.15, 0.2) is 24.3 Å². The van der Waals surface area contributed by atoms with Crippen LogP contribution in [0.2, 0.25) is 0 Å². The molecule has 1 heterocycles. The van der Waals surface area contributed by atoms with E-state index in [1.165, 1.54) is 0 Å². The fraction of sp³-hybridized carbons (Fsp3) is 0.600. The largest absolute Gasteiger partial charge is 0.392 e. The molecule has 0 radical (unpaired) electrons. The van der Waals surface area contributed by atoms with Gasteiger partial charge in [-0.1, -0.05) is 25.1 Å². The Morgan fingerprint density at radius 2 is 2.22 bits per heavy atom. The van der Waals surface area contributed by atoms with Gasteiger partial charge in [-0.15, -0.1) is 0 Å². The van der Waals surface area contributed by atoms with Crippen LogP contribution < -0.4 is 5.32 Å². The minimum atomic E-state index is -0.00985. The third-order valence-corrected chi connectivity index (χ3v) is 3.89. The lowest BCUT2D eigenvalue weighted by Gasteiger charge is -2.38. The van der Waals surface area contributed by atoms with Gasteiger partial charge in [0, 0.05) is 23.9 Å². The molecule has 1 saturated heterocycles. The Kier molecular flexibility index (Phi) is 4.25. The topological polar surface area (TPSA) is 41.5 Å². The molecule has 1 aliphatic rings. The van der Waals surface area contributed by atoms with Crippen molar-refractivity contribution in [3.63, 3.8) is 0 Å². The normalized spacial score (nSPS) is 28.1. The lowest BCUT2D eigenvalue weighted by atomic mass is 9.89. The molecule has 1 fully saturated rings. The summed E-state index contributed by atoms with van der Waals surface area (Å²) in [6, 6.07) is 8.37.